The van der Waals surface area contributed by atoms with Crippen LogP contribution in [-0.4, -0.2) is 17.4 Å². The molecule has 3 heteroatoms. The van der Waals surface area contributed by atoms with Crippen molar-refractivity contribution < 1.29 is 14.3 Å². The van der Waals surface area contributed by atoms with Crippen molar-refractivity contribution in [3.05, 3.63) is 0 Å². The molecule has 1 aliphatic rings. The lowest BCUT2D eigenvalue weighted by Crippen LogP contribution is -2.54. The second-order valence-corrected chi connectivity index (χ2v) is 4.38. The van der Waals surface area contributed by atoms with Gasteiger partial charge in [-0.1, -0.05) is 6.92 Å². The molecule has 0 aromatic rings. The minimum absolute atomic E-state index is 0.183. The standard InChI is InChI=1S/C9H16O3/c1-6-8(2,3)11-7(10)12-9(6,4)5/h6H,1-5H3. The summed E-state index contributed by atoms with van der Waals surface area (Å²) in [4.78, 5) is 11.0. The van der Waals surface area contributed by atoms with Crippen LogP contribution in [0.2, 0.25) is 0 Å². The Labute approximate surface area is 73.0 Å². The predicted molar refractivity (Wildman–Crippen MR) is 44.9 cm³/mol. The number of cyclic esters (lactones) is 2. The van der Waals surface area contributed by atoms with Crippen molar-refractivity contribution in [1.82, 2.24) is 0 Å². The zero-order valence-electron chi connectivity index (χ0n) is 8.30. The van der Waals surface area contributed by atoms with Crippen LogP contribution in [0, 0.1) is 5.92 Å². The zero-order chi connectivity index (χ0) is 9.57. The zero-order valence-corrected chi connectivity index (χ0v) is 8.30. The Bertz CT molecular complexity index is 186. The van der Waals surface area contributed by atoms with Crippen LogP contribution in [0.1, 0.15) is 34.6 Å². The molecule has 0 unspecified atom stereocenters. The molecule has 1 fully saturated rings. The van der Waals surface area contributed by atoms with E-state index in [0.717, 1.165) is 0 Å². The van der Waals surface area contributed by atoms with Crippen molar-refractivity contribution in [3.8, 4) is 0 Å². The van der Waals surface area contributed by atoms with Gasteiger partial charge in [-0.15, -0.1) is 0 Å². The summed E-state index contributed by atoms with van der Waals surface area (Å²) >= 11 is 0. The van der Waals surface area contributed by atoms with Crippen LogP contribution in [0.5, 0.6) is 0 Å². The molecule has 0 aromatic carbocycles. The Morgan fingerprint density at radius 2 is 1.42 bits per heavy atom. The van der Waals surface area contributed by atoms with Crippen molar-refractivity contribution >= 4 is 6.16 Å². The van der Waals surface area contributed by atoms with Crippen LogP contribution in [-0.2, 0) is 9.47 Å². The van der Waals surface area contributed by atoms with E-state index in [9.17, 15) is 4.79 Å². The fourth-order valence-electron chi connectivity index (χ4n) is 1.46. The molecule has 1 saturated heterocycles. The minimum Gasteiger partial charge on any atom is -0.428 e. The van der Waals surface area contributed by atoms with E-state index in [1.54, 1.807) is 0 Å². The number of rotatable bonds is 0. The number of carbonyl (C=O) groups is 1. The lowest BCUT2D eigenvalue weighted by molar-refractivity contribution is -0.171. The van der Waals surface area contributed by atoms with Gasteiger partial charge in [-0.3, -0.25) is 0 Å². The average Bonchev–Trinajstić information content (AvgIpc) is 1.80. The molecule has 1 rings (SSSR count). The number of ether oxygens (including phenoxy) is 2. The number of hydrogen-bond donors (Lipinski definition) is 0. The first-order valence-corrected chi connectivity index (χ1v) is 4.18. The molecular weight excluding hydrogens is 156 g/mol. The second kappa shape index (κ2) is 2.38. The van der Waals surface area contributed by atoms with Crippen LogP contribution >= 0.6 is 0 Å². The van der Waals surface area contributed by atoms with Gasteiger partial charge in [-0.2, -0.15) is 0 Å². The molecule has 0 atom stereocenters. The summed E-state index contributed by atoms with van der Waals surface area (Å²) in [5.74, 6) is 0.183. The summed E-state index contributed by atoms with van der Waals surface area (Å²) in [6.45, 7) is 9.63. The lowest BCUT2D eigenvalue weighted by atomic mass is 9.79. The molecule has 3 nitrogen and oxygen atoms in total. The average molecular weight is 172 g/mol. The third-order valence-electron chi connectivity index (χ3n) is 2.78. The van der Waals surface area contributed by atoms with E-state index < -0.39 is 17.4 Å². The highest BCUT2D eigenvalue weighted by molar-refractivity contribution is 5.62. The van der Waals surface area contributed by atoms with Crippen molar-refractivity contribution in [1.29, 1.82) is 0 Å². The van der Waals surface area contributed by atoms with Gasteiger partial charge in [-0.25, -0.2) is 4.79 Å². The van der Waals surface area contributed by atoms with Gasteiger partial charge in [0, 0.05) is 5.92 Å². The molecule has 0 N–H and O–H groups in total. The quantitative estimate of drug-likeness (QED) is 0.526. The Kier molecular flexibility index (Phi) is 1.85. The molecule has 0 bridgehead atoms. The van der Waals surface area contributed by atoms with Gasteiger partial charge in [0.25, 0.3) is 0 Å². The van der Waals surface area contributed by atoms with Crippen LogP contribution in [0.25, 0.3) is 0 Å². The first kappa shape index (κ1) is 9.36. The summed E-state index contributed by atoms with van der Waals surface area (Å²) in [5, 5.41) is 0. The lowest BCUT2D eigenvalue weighted by Gasteiger charge is -2.45. The maximum absolute atomic E-state index is 11.0. The first-order valence-electron chi connectivity index (χ1n) is 4.18. The Balaban J connectivity index is 2.91. The highest BCUT2D eigenvalue weighted by atomic mass is 16.8. The van der Waals surface area contributed by atoms with Crippen molar-refractivity contribution in [2.75, 3.05) is 0 Å². The molecule has 1 heterocycles. The van der Waals surface area contributed by atoms with E-state index in [1.807, 2.05) is 34.6 Å². The van der Waals surface area contributed by atoms with Crippen LogP contribution in [0.3, 0.4) is 0 Å². The van der Waals surface area contributed by atoms with Crippen LogP contribution < -0.4 is 0 Å². The Morgan fingerprint density at radius 3 is 1.75 bits per heavy atom. The van der Waals surface area contributed by atoms with Crippen LogP contribution in [0.15, 0.2) is 0 Å². The molecular formula is C9H16O3. The Morgan fingerprint density at radius 1 is 1.08 bits per heavy atom. The highest BCUT2D eigenvalue weighted by Crippen LogP contribution is 2.37. The summed E-state index contributed by atoms with van der Waals surface area (Å²) in [5.41, 5.74) is -0.863. The maximum Gasteiger partial charge on any atom is 0.509 e. The summed E-state index contributed by atoms with van der Waals surface area (Å²) in [6.07, 6.45) is -0.567. The van der Waals surface area contributed by atoms with E-state index in [1.165, 1.54) is 0 Å². The molecule has 0 aromatic heterocycles. The van der Waals surface area contributed by atoms with Crippen molar-refractivity contribution in [2.45, 2.75) is 45.8 Å². The van der Waals surface area contributed by atoms with E-state index in [2.05, 4.69) is 0 Å². The topological polar surface area (TPSA) is 35.5 Å². The van der Waals surface area contributed by atoms with Crippen LogP contribution in [0.4, 0.5) is 4.79 Å². The van der Waals surface area contributed by atoms with Gasteiger partial charge >= 0.3 is 6.16 Å². The molecule has 70 valence electrons. The van der Waals surface area contributed by atoms with E-state index in [4.69, 9.17) is 9.47 Å². The second-order valence-electron chi connectivity index (χ2n) is 4.38. The van der Waals surface area contributed by atoms with E-state index in [-0.39, 0.29) is 5.92 Å². The maximum atomic E-state index is 11.0. The van der Waals surface area contributed by atoms with Gasteiger partial charge in [-0.05, 0) is 27.7 Å². The monoisotopic (exact) mass is 172 g/mol. The van der Waals surface area contributed by atoms with E-state index in [0.29, 0.717) is 0 Å². The normalized spacial score (nSPS) is 27.6. The third-order valence-corrected chi connectivity index (χ3v) is 2.78. The van der Waals surface area contributed by atoms with E-state index >= 15 is 0 Å². The Hall–Kier alpha value is -0.730. The summed E-state index contributed by atoms with van der Waals surface area (Å²) < 4.78 is 10.1. The first-order chi connectivity index (χ1) is 5.26. The molecule has 0 radical (unpaired) electrons. The van der Waals surface area contributed by atoms with Gasteiger partial charge in [0.15, 0.2) is 0 Å². The molecule has 0 spiro atoms. The van der Waals surface area contributed by atoms with Gasteiger partial charge in [0.05, 0.1) is 0 Å². The van der Waals surface area contributed by atoms with Gasteiger partial charge < -0.3 is 9.47 Å². The summed E-state index contributed by atoms with van der Waals surface area (Å²) in [7, 11) is 0. The third kappa shape index (κ3) is 1.40. The molecule has 1 aliphatic heterocycles. The number of hydrogen-bond acceptors (Lipinski definition) is 3. The molecule has 12 heavy (non-hydrogen) atoms. The highest BCUT2D eigenvalue weighted by Gasteiger charge is 2.47. The number of carbonyl (C=O) groups excluding carboxylic acids is 1. The smallest absolute Gasteiger partial charge is 0.428 e. The SMILES string of the molecule is CC1C(C)(C)OC(=O)OC1(C)C. The molecule has 0 aliphatic carbocycles. The molecule has 0 saturated carbocycles. The summed E-state index contributed by atoms with van der Waals surface area (Å²) in [6, 6.07) is 0. The van der Waals surface area contributed by atoms with Gasteiger partial charge in [0.2, 0.25) is 0 Å². The fraction of sp³-hybridized carbons (Fsp3) is 0.889. The predicted octanol–water partition coefficient (Wildman–Crippen LogP) is 2.35. The van der Waals surface area contributed by atoms with Crippen molar-refractivity contribution in [2.24, 2.45) is 5.92 Å². The largest absolute Gasteiger partial charge is 0.509 e. The van der Waals surface area contributed by atoms with Gasteiger partial charge in [0.1, 0.15) is 11.2 Å². The van der Waals surface area contributed by atoms with Crippen molar-refractivity contribution in [3.63, 3.8) is 0 Å². The molecule has 0 amide bonds. The minimum atomic E-state index is -0.567. The fourth-order valence-corrected chi connectivity index (χ4v) is 1.46.